The van der Waals surface area contributed by atoms with Crippen molar-refractivity contribution in [1.82, 2.24) is 0 Å². The molecule has 7 heteroatoms. The minimum Gasteiger partial charge on any atom is -0.455 e. The molecule has 1 saturated heterocycles. The maximum Gasteiger partial charge on any atom is 0.338 e. The minimum absolute atomic E-state index is 0.188. The van der Waals surface area contributed by atoms with Crippen LogP contribution in [0.2, 0.25) is 0 Å². The van der Waals surface area contributed by atoms with Crippen LogP contribution in [0.25, 0.3) is 0 Å². The Morgan fingerprint density at radius 2 is 1.82 bits per heavy atom. The van der Waals surface area contributed by atoms with Crippen LogP contribution in [0.4, 0.5) is 0 Å². The van der Waals surface area contributed by atoms with Crippen LogP contribution in [-0.2, 0) is 14.3 Å². The number of esters is 1. The molecule has 3 N–H and O–H groups in total. The largest absolute Gasteiger partial charge is 0.455 e. The van der Waals surface area contributed by atoms with E-state index in [0.29, 0.717) is 30.6 Å². The number of carbonyl (C=O) groups excluding carboxylic acids is 2. The monoisotopic (exact) mass is 470 g/mol. The predicted molar refractivity (Wildman–Crippen MR) is 123 cm³/mol. The third kappa shape index (κ3) is 2.97. The highest BCUT2D eigenvalue weighted by atomic mass is 16.6. The van der Waals surface area contributed by atoms with Gasteiger partial charge in [0.1, 0.15) is 17.8 Å². The Morgan fingerprint density at radius 1 is 1.15 bits per heavy atom. The van der Waals surface area contributed by atoms with E-state index in [9.17, 15) is 24.9 Å². The summed E-state index contributed by atoms with van der Waals surface area (Å²) in [5.74, 6) is -1.97. The van der Waals surface area contributed by atoms with Gasteiger partial charge in [0, 0.05) is 23.7 Å². The molecule has 184 valence electrons. The number of hydrogen-bond acceptors (Lipinski definition) is 7. The van der Waals surface area contributed by atoms with Gasteiger partial charge in [0.15, 0.2) is 5.78 Å². The predicted octanol–water partition coefficient (Wildman–Crippen LogP) is 2.43. The van der Waals surface area contributed by atoms with Crippen molar-refractivity contribution in [3.8, 4) is 0 Å². The highest BCUT2D eigenvalue weighted by Crippen LogP contribution is 2.61. The van der Waals surface area contributed by atoms with E-state index in [1.807, 2.05) is 20.8 Å². The van der Waals surface area contributed by atoms with Gasteiger partial charge >= 0.3 is 5.97 Å². The molecule has 0 aromatic heterocycles. The fourth-order valence-corrected chi connectivity index (χ4v) is 7.24. The maximum atomic E-state index is 14.0. The number of Topliss-reactive ketones (excluding diaryl/α,β-unsaturated/α-hetero) is 1. The lowest BCUT2D eigenvalue weighted by atomic mass is 9.46. The minimum atomic E-state index is -1.56. The van der Waals surface area contributed by atoms with E-state index < -0.39 is 52.4 Å². The summed E-state index contributed by atoms with van der Waals surface area (Å²) in [7, 11) is 0. The second kappa shape index (κ2) is 7.72. The Kier molecular flexibility index (Phi) is 5.37. The number of allylic oxidation sites excluding steroid dienone is 1. The summed E-state index contributed by atoms with van der Waals surface area (Å²) in [5, 5.41) is 35.1. The van der Waals surface area contributed by atoms with Crippen LogP contribution < -0.4 is 0 Å². The van der Waals surface area contributed by atoms with Crippen molar-refractivity contribution < 1.29 is 34.4 Å². The summed E-state index contributed by atoms with van der Waals surface area (Å²) in [6.45, 7) is 7.48. The summed E-state index contributed by atoms with van der Waals surface area (Å²) >= 11 is 0. The fraction of sp³-hybridized carbons (Fsp3) is 0.630. The number of hydrogen-bond donors (Lipinski definition) is 3. The summed E-state index contributed by atoms with van der Waals surface area (Å²) in [5.41, 5.74) is -2.36. The summed E-state index contributed by atoms with van der Waals surface area (Å²) in [4.78, 5) is 27.3. The molecule has 2 saturated carbocycles. The van der Waals surface area contributed by atoms with Crippen LogP contribution in [0.3, 0.4) is 0 Å². The van der Waals surface area contributed by atoms with Gasteiger partial charge in [-0.2, -0.15) is 0 Å². The number of fused-ring (bicyclic) bond motifs is 5. The fourth-order valence-electron chi connectivity index (χ4n) is 7.24. The molecule has 1 aromatic rings. The molecular weight excluding hydrogens is 436 g/mol. The van der Waals surface area contributed by atoms with E-state index in [2.05, 4.69) is 0 Å². The second-order valence-corrected chi connectivity index (χ2v) is 11.3. The van der Waals surface area contributed by atoms with E-state index in [-0.39, 0.29) is 18.4 Å². The highest BCUT2D eigenvalue weighted by molar-refractivity contribution is 5.93. The highest BCUT2D eigenvalue weighted by Gasteiger charge is 2.71. The van der Waals surface area contributed by atoms with Gasteiger partial charge in [0.2, 0.25) is 0 Å². The molecule has 2 bridgehead atoms. The molecule has 1 aliphatic heterocycles. The Hall–Kier alpha value is -2.06. The molecule has 8 atom stereocenters. The van der Waals surface area contributed by atoms with Crippen LogP contribution in [0.1, 0.15) is 57.3 Å². The van der Waals surface area contributed by atoms with Gasteiger partial charge in [-0.3, -0.25) is 4.79 Å². The normalized spacial score (nSPS) is 43.1. The third-order valence-electron chi connectivity index (χ3n) is 9.47. The van der Waals surface area contributed by atoms with Crippen LogP contribution in [0.5, 0.6) is 0 Å². The molecule has 1 aromatic carbocycles. The number of rotatable bonds is 2. The Morgan fingerprint density at radius 3 is 2.44 bits per heavy atom. The zero-order valence-electron chi connectivity index (χ0n) is 20.2. The molecular formula is C27H34O7. The van der Waals surface area contributed by atoms with E-state index in [1.54, 1.807) is 37.3 Å². The molecule has 7 nitrogen and oxygen atoms in total. The molecule has 0 spiro atoms. The third-order valence-corrected chi connectivity index (χ3v) is 9.47. The number of aliphatic hydroxyl groups is 3. The number of ether oxygens (including phenoxy) is 2. The smallest absolute Gasteiger partial charge is 0.338 e. The van der Waals surface area contributed by atoms with Crippen LogP contribution in [-0.4, -0.2) is 63.7 Å². The van der Waals surface area contributed by atoms with Gasteiger partial charge in [0.25, 0.3) is 0 Å². The van der Waals surface area contributed by atoms with Crippen molar-refractivity contribution in [2.45, 2.75) is 77.0 Å². The van der Waals surface area contributed by atoms with Crippen molar-refractivity contribution in [1.29, 1.82) is 0 Å². The van der Waals surface area contributed by atoms with E-state index in [1.165, 1.54) is 0 Å². The molecule has 0 radical (unpaired) electrons. The Labute approximate surface area is 199 Å². The lowest BCUT2D eigenvalue weighted by molar-refractivity contribution is -0.274. The Bertz CT molecular complexity index is 1050. The molecule has 34 heavy (non-hydrogen) atoms. The first-order valence-electron chi connectivity index (χ1n) is 12.1. The number of benzene rings is 1. The molecule has 1 heterocycles. The van der Waals surface area contributed by atoms with Crippen molar-refractivity contribution in [3.63, 3.8) is 0 Å². The standard InChI is InChI=1S/C27H34O7/c1-14-10-11-27(32)23(34-24(31)15-8-6-5-7-9-15)20-16-13-33-17(16)12-18(28)26(20,4)22(30)21(29)19(14)25(27,2)3/h5-9,16-18,20-21,23,28-29,32H,10-13H2,1-4H3/t16?,17-,18?,20?,21?,23?,26?,27?/m1/s1. The van der Waals surface area contributed by atoms with Crippen molar-refractivity contribution in [3.05, 3.63) is 47.0 Å². The zero-order chi connectivity index (χ0) is 24.6. The zero-order valence-corrected chi connectivity index (χ0v) is 20.2. The van der Waals surface area contributed by atoms with Crippen LogP contribution >= 0.6 is 0 Å². The van der Waals surface area contributed by atoms with Gasteiger partial charge in [0.05, 0.1) is 29.8 Å². The van der Waals surface area contributed by atoms with E-state index in [4.69, 9.17) is 9.47 Å². The molecule has 3 fully saturated rings. The van der Waals surface area contributed by atoms with Crippen LogP contribution in [0.15, 0.2) is 41.5 Å². The number of carbonyl (C=O) groups is 2. The summed E-state index contributed by atoms with van der Waals surface area (Å²) in [6.07, 6.45) is -2.89. The second-order valence-electron chi connectivity index (χ2n) is 11.3. The lowest BCUT2D eigenvalue weighted by Crippen LogP contribution is -2.74. The molecule has 4 aliphatic rings. The van der Waals surface area contributed by atoms with Gasteiger partial charge in [-0.1, -0.05) is 37.6 Å². The summed E-state index contributed by atoms with van der Waals surface area (Å²) in [6, 6.07) is 8.58. The summed E-state index contributed by atoms with van der Waals surface area (Å²) < 4.78 is 11.9. The van der Waals surface area contributed by atoms with Crippen molar-refractivity contribution in [2.75, 3.05) is 6.61 Å². The maximum absolute atomic E-state index is 14.0. The van der Waals surface area contributed by atoms with Crippen LogP contribution in [0, 0.1) is 22.7 Å². The number of aliphatic hydroxyl groups excluding tert-OH is 2. The molecule has 0 amide bonds. The van der Waals surface area contributed by atoms with Gasteiger partial charge in [-0.25, -0.2) is 4.79 Å². The van der Waals surface area contributed by atoms with Gasteiger partial charge < -0.3 is 24.8 Å². The van der Waals surface area contributed by atoms with E-state index in [0.717, 1.165) is 5.57 Å². The first-order chi connectivity index (χ1) is 15.9. The van der Waals surface area contributed by atoms with Crippen molar-refractivity contribution >= 4 is 11.8 Å². The lowest BCUT2D eigenvalue weighted by Gasteiger charge is -2.64. The van der Waals surface area contributed by atoms with Crippen molar-refractivity contribution in [2.24, 2.45) is 22.7 Å². The topological polar surface area (TPSA) is 113 Å². The van der Waals surface area contributed by atoms with E-state index >= 15 is 0 Å². The molecule has 5 rings (SSSR count). The average molecular weight is 471 g/mol. The molecule has 3 aliphatic carbocycles. The number of ketones is 1. The quantitative estimate of drug-likeness (QED) is 0.449. The van der Waals surface area contributed by atoms with Gasteiger partial charge in [-0.05, 0) is 44.4 Å². The van der Waals surface area contributed by atoms with Gasteiger partial charge in [-0.15, -0.1) is 0 Å². The SMILES string of the molecule is CC1=C2C(O)C(=O)C3(C)C(O)C[C@H]4OCC4C3C(OC(=O)c3ccccc3)C(O)(CC1)C2(C)C. The molecule has 7 unspecified atom stereocenters. The Balaban J connectivity index is 1.72. The first kappa shape index (κ1) is 23.7. The first-order valence-corrected chi connectivity index (χ1v) is 12.1. The average Bonchev–Trinajstić information content (AvgIpc) is 2.79.